The Morgan fingerprint density at radius 3 is 2.42 bits per heavy atom. The third-order valence-corrected chi connectivity index (χ3v) is 3.16. The van der Waals surface area contributed by atoms with Crippen LogP contribution in [0.15, 0.2) is 36.9 Å². The average molecular weight is 358 g/mol. The molecule has 9 heteroatoms. The first-order valence-corrected chi connectivity index (χ1v) is 7.45. The number of methoxy groups -OCH3 is 2. The first-order chi connectivity index (χ1) is 12.5. The number of nitrogens with zero attached hydrogens (tertiary/aromatic N) is 2. The summed E-state index contributed by atoms with van der Waals surface area (Å²) >= 11 is 0. The summed E-state index contributed by atoms with van der Waals surface area (Å²) in [5.74, 6) is -0.965. The summed E-state index contributed by atoms with van der Waals surface area (Å²) in [5, 5.41) is 2.60. The van der Waals surface area contributed by atoms with Crippen LogP contribution in [0.4, 0.5) is 11.4 Å². The molecular formula is C17H18N4O5. The molecule has 136 valence electrons. The van der Waals surface area contributed by atoms with Gasteiger partial charge in [0, 0.05) is 0 Å². The molecule has 0 saturated heterocycles. The molecule has 0 aliphatic heterocycles. The van der Waals surface area contributed by atoms with Crippen molar-refractivity contribution >= 4 is 23.3 Å². The maximum Gasteiger partial charge on any atom is 0.357 e. The SMILES string of the molecule is C=CCOC(=O)c1ccc(NC(=O)c2ccc(N)c(OC)n2)c(OC)n1. The zero-order valence-electron chi connectivity index (χ0n) is 14.3. The molecule has 9 nitrogen and oxygen atoms in total. The van der Waals surface area contributed by atoms with E-state index in [9.17, 15) is 9.59 Å². The topological polar surface area (TPSA) is 126 Å². The number of aromatic nitrogens is 2. The van der Waals surface area contributed by atoms with Gasteiger partial charge in [-0.05, 0) is 24.3 Å². The first-order valence-electron chi connectivity index (χ1n) is 7.45. The lowest BCUT2D eigenvalue weighted by atomic mass is 10.3. The van der Waals surface area contributed by atoms with Crippen LogP contribution in [0.5, 0.6) is 11.8 Å². The Kier molecular flexibility index (Phi) is 6.10. The molecule has 0 aliphatic carbocycles. The van der Waals surface area contributed by atoms with Crippen molar-refractivity contribution in [3.63, 3.8) is 0 Å². The summed E-state index contributed by atoms with van der Waals surface area (Å²) in [4.78, 5) is 32.2. The number of carbonyl (C=O) groups excluding carboxylic acids is 2. The molecule has 0 fully saturated rings. The summed E-state index contributed by atoms with van der Waals surface area (Å²) in [6, 6.07) is 5.84. The number of amides is 1. The smallest absolute Gasteiger partial charge is 0.357 e. The highest BCUT2D eigenvalue weighted by Gasteiger charge is 2.17. The Hall–Kier alpha value is -3.62. The molecule has 0 aromatic carbocycles. The minimum atomic E-state index is -0.633. The Balaban J connectivity index is 2.22. The molecule has 2 aromatic heterocycles. The largest absolute Gasteiger partial charge is 0.480 e. The van der Waals surface area contributed by atoms with Crippen molar-refractivity contribution in [1.29, 1.82) is 0 Å². The van der Waals surface area contributed by atoms with E-state index in [-0.39, 0.29) is 35.4 Å². The van der Waals surface area contributed by atoms with Crippen LogP contribution in [0, 0.1) is 0 Å². The highest BCUT2D eigenvalue weighted by Crippen LogP contribution is 2.24. The summed E-state index contributed by atoms with van der Waals surface area (Å²) in [6.07, 6.45) is 1.44. The third kappa shape index (κ3) is 4.26. The van der Waals surface area contributed by atoms with E-state index >= 15 is 0 Å². The van der Waals surface area contributed by atoms with Gasteiger partial charge in [-0.3, -0.25) is 4.79 Å². The molecular weight excluding hydrogens is 340 g/mol. The van der Waals surface area contributed by atoms with E-state index < -0.39 is 11.9 Å². The van der Waals surface area contributed by atoms with E-state index in [2.05, 4.69) is 21.9 Å². The van der Waals surface area contributed by atoms with Crippen molar-refractivity contribution in [2.45, 2.75) is 0 Å². The van der Waals surface area contributed by atoms with Crippen molar-refractivity contribution in [3.8, 4) is 11.8 Å². The number of ether oxygens (including phenoxy) is 3. The fourth-order valence-electron chi connectivity index (χ4n) is 1.94. The molecule has 0 spiro atoms. The van der Waals surface area contributed by atoms with Crippen molar-refractivity contribution in [2.75, 3.05) is 31.9 Å². The number of hydrogen-bond acceptors (Lipinski definition) is 8. The van der Waals surface area contributed by atoms with Crippen LogP contribution in [-0.4, -0.2) is 42.7 Å². The van der Waals surface area contributed by atoms with Crippen LogP contribution in [0.3, 0.4) is 0 Å². The van der Waals surface area contributed by atoms with E-state index in [1.807, 2.05) is 0 Å². The maximum atomic E-state index is 12.4. The summed E-state index contributed by atoms with van der Waals surface area (Å²) in [5.41, 5.74) is 6.38. The minimum Gasteiger partial charge on any atom is -0.480 e. The normalized spacial score (nSPS) is 9.92. The number of hydrogen-bond donors (Lipinski definition) is 2. The van der Waals surface area contributed by atoms with E-state index in [1.54, 1.807) is 0 Å². The Labute approximate surface area is 149 Å². The van der Waals surface area contributed by atoms with Gasteiger partial charge in [0.05, 0.1) is 19.9 Å². The highest BCUT2D eigenvalue weighted by molar-refractivity contribution is 6.04. The van der Waals surface area contributed by atoms with E-state index in [4.69, 9.17) is 19.9 Å². The number of nitrogens with two attached hydrogens (primary N) is 1. The fourth-order valence-corrected chi connectivity index (χ4v) is 1.94. The van der Waals surface area contributed by atoms with Gasteiger partial charge in [-0.25, -0.2) is 14.8 Å². The third-order valence-electron chi connectivity index (χ3n) is 3.16. The number of carbonyl (C=O) groups is 2. The highest BCUT2D eigenvalue weighted by atomic mass is 16.5. The number of pyridine rings is 2. The van der Waals surface area contributed by atoms with Gasteiger partial charge in [0.1, 0.15) is 18.0 Å². The van der Waals surface area contributed by atoms with Gasteiger partial charge in [-0.15, -0.1) is 0 Å². The fraction of sp³-hybridized carbons (Fsp3) is 0.176. The predicted octanol–water partition coefficient (Wildman–Crippen LogP) is 1.67. The van der Waals surface area contributed by atoms with Crippen molar-refractivity contribution in [2.24, 2.45) is 0 Å². The van der Waals surface area contributed by atoms with Gasteiger partial charge in [0.2, 0.25) is 11.8 Å². The number of esters is 1. The number of nitrogens with one attached hydrogen (secondary N) is 1. The number of anilines is 2. The minimum absolute atomic E-state index is 0.0361. The van der Waals surface area contributed by atoms with Gasteiger partial charge in [0.25, 0.3) is 5.91 Å². The van der Waals surface area contributed by atoms with Crippen molar-refractivity contribution < 1.29 is 23.8 Å². The lowest BCUT2D eigenvalue weighted by Crippen LogP contribution is -2.16. The van der Waals surface area contributed by atoms with Gasteiger partial charge >= 0.3 is 5.97 Å². The van der Waals surface area contributed by atoms with Crippen LogP contribution < -0.4 is 20.5 Å². The Morgan fingerprint density at radius 2 is 1.77 bits per heavy atom. The van der Waals surface area contributed by atoms with Crippen LogP contribution in [-0.2, 0) is 4.74 Å². The van der Waals surface area contributed by atoms with Crippen LogP contribution in [0.2, 0.25) is 0 Å². The van der Waals surface area contributed by atoms with Gasteiger partial charge < -0.3 is 25.3 Å². The molecule has 2 aromatic rings. The summed E-state index contributed by atoms with van der Waals surface area (Å²) < 4.78 is 15.0. The van der Waals surface area contributed by atoms with Gasteiger partial charge in [-0.1, -0.05) is 12.7 Å². The second kappa shape index (κ2) is 8.47. The number of nitrogen functional groups attached to an aromatic ring is 1. The molecule has 2 rings (SSSR count). The summed E-state index contributed by atoms with van der Waals surface area (Å²) in [6.45, 7) is 3.52. The zero-order valence-corrected chi connectivity index (χ0v) is 14.3. The molecule has 3 N–H and O–H groups in total. The maximum absolute atomic E-state index is 12.4. The molecule has 0 radical (unpaired) electrons. The molecule has 0 bridgehead atoms. The predicted molar refractivity (Wildman–Crippen MR) is 94.4 cm³/mol. The number of rotatable bonds is 7. The molecule has 26 heavy (non-hydrogen) atoms. The monoisotopic (exact) mass is 358 g/mol. The van der Waals surface area contributed by atoms with E-state index in [1.165, 1.54) is 44.6 Å². The second-order valence-electron chi connectivity index (χ2n) is 4.89. The molecule has 0 atom stereocenters. The lowest BCUT2D eigenvalue weighted by Gasteiger charge is -2.11. The zero-order chi connectivity index (χ0) is 19.1. The first kappa shape index (κ1) is 18.7. The van der Waals surface area contributed by atoms with Crippen LogP contribution in [0.25, 0.3) is 0 Å². The van der Waals surface area contributed by atoms with Crippen LogP contribution >= 0.6 is 0 Å². The van der Waals surface area contributed by atoms with Gasteiger partial charge in [-0.2, -0.15) is 0 Å². The van der Waals surface area contributed by atoms with E-state index in [0.29, 0.717) is 5.69 Å². The van der Waals surface area contributed by atoms with Gasteiger partial charge in [0.15, 0.2) is 5.69 Å². The standard InChI is InChI=1S/C17H18N4O5/c1-4-9-26-17(23)13-8-7-12(16(21-13)25-3)19-14(22)11-6-5-10(18)15(20-11)24-2/h4-8H,1,9,18H2,2-3H3,(H,19,22). The molecule has 0 unspecified atom stereocenters. The van der Waals surface area contributed by atoms with Crippen molar-refractivity contribution in [1.82, 2.24) is 9.97 Å². The quantitative estimate of drug-likeness (QED) is 0.565. The lowest BCUT2D eigenvalue weighted by molar-refractivity contribution is 0.0542. The Morgan fingerprint density at radius 1 is 1.12 bits per heavy atom. The molecule has 1 amide bonds. The average Bonchev–Trinajstić information content (AvgIpc) is 2.66. The summed E-state index contributed by atoms with van der Waals surface area (Å²) in [7, 11) is 2.76. The molecule has 2 heterocycles. The molecule has 0 saturated carbocycles. The molecule has 0 aliphatic rings. The van der Waals surface area contributed by atoms with E-state index in [0.717, 1.165) is 0 Å². The van der Waals surface area contributed by atoms with Crippen LogP contribution in [0.1, 0.15) is 21.0 Å². The second-order valence-corrected chi connectivity index (χ2v) is 4.89. The Bertz CT molecular complexity index is 838. The van der Waals surface area contributed by atoms with Crippen molar-refractivity contribution in [3.05, 3.63) is 48.3 Å².